The normalized spacial score (nSPS) is 13.9. The summed E-state index contributed by atoms with van der Waals surface area (Å²) in [5, 5.41) is 13.6. The molecule has 3 N–H and O–H groups in total. The maximum atomic E-state index is 13.4. The third-order valence-electron chi connectivity index (χ3n) is 6.27. The van der Waals surface area contributed by atoms with Crippen molar-refractivity contribution in [3.05, 3.63) is 89.1 Å². The summed E-state index contributed by atoms with van der Waals surface area (Å²) in [6.07, 6.45) is 0. The van der Waals surface area contributed by atoms with Crippen molar-refractivity contribution in [3.63, 3.8) is 0 Å². The van der Waals surface area contributed by atoms with Crippen LogP contribution in [0.25, 0.3) is 16.9 Å². The maximum Gasteiger partial charge on any atom is 0.271 e. The number of nitrogens with one attached hydrogen (secondary N) is 3. The van der Waals surface area contributed by atoms with Crippen LogP contribution in [0, 0.1) is 5.41 Å². The van der Waals surface area contributed by atoms with E-state index in [2.05, 4.69) is 26.0 Å². The second kappa shape index (κ2) is 10.6. The van der Waals surface area contributed by atoms with Crippen molar-refractivity contribution < 1.29 is 14.3 Å². The molecule has 0 bridgehead atoms. The molecule has 0 atom stereocenters. The van der Waals surface area contributed by atoms with Crippen LogP contribution in [0.2, 0.25) is 5.02 Å². The molecule has 2 amide bonds. The van der Waals surface area contributed by atoms with E-state index in [1.54, 1.807) is 25.2 Å². The fraction of sp³-hybridized carbons (Fsp3) is 0.214. The van der Waals surface area contributed by atoms with Gasteiger partial charge in [0.2, 0.25) is 0 Å². The van der Waals surface area contributed by atoms with E-state index < -0.39 is 5.91 Å². The molecule has 5 rings (SSSR count). The molecule has 1 fully saturated rings. The van der Waals surface area contributed by atoms with Gasteiger partial charge >= 0.3 is 0 Å². The Bertz CT molecular complexity index is 1480. The number of ether oxygens (including phenoxy) is 1. The van der Waals surface area contributed by atoms with E-state index in [1.165, 1.54) is 4.68 Å². The minimum absolute atomic E-state index is 0.0853. The average Bonchev–Trinajstić information content (AvgIpc) is 3.35. The summed E-state index contributed by atoms with van der Waals surface area (Å²) in [5.74, 6) is 0.268. The van der Waals surface area contributed by atoms with Gasteiger partial charge in [-0.15, -0.1) is 0 Å². The van der Waals surface area contributed by atoms with Gasteiger partial charge in [0.1, 0.15) is 11.6 Å². The first-order valence-electron chi connectivity index (χ1n) is 12.1. The lowest BCUT2D eigenvalue weighted by molar-refractivity contribution is -0.0978. The number of nitrogens with zero attached hydrogens (tertiary/aromatic N) is 3. The van der Waals surface area contributed by atoms with Crippen molar-refractivity contribution in [2.24, 2.45) is 5.41 Å². The molecular weight excluding hydrogens is 504 g/mol. The van der Waals surface area contributed by atoms with Crippen molar-refractivity contribution in [2.45, 2.75) is 6.92 Å². The third kappa shape index (κ3) is 5.39. The zero-order valence-electron chi connectivity index (χ0n) is 21.0. The van der Waals surface area contributed by atoms with Crippen LogP contribution in [0.5, 0.6) is 0 Å². The highest BCUT2D eigenvalue weighted by molar-refractivity contribution is 6.34. The fourth-order valence-corrected chi connectivity index (χ4v) is 4.26. The number of pyridine rings is 1. The summed E-state index contributed by atoms with van der Waals surface area (Å²) >= 11 is 6.43. The third-order valence-corrected chi connectivity index (χ3v) is 6.60. The van der Waals surface area contributed by atoms with Crippen LogP contribution < -0.4 is 16.0 Å². The van der Waals surface area contributed by atoms with Gasteiger partial charge in [0, 0.05) is 30.6 Å². The standard InChI is InChI=1S/C28H27ClN6O3/c1-28(16-38-17-28)15-31-27(37)23-14-25(35(34-23)19-7-4-3-5-8-19)33-26(36)20-13-18(11-12-21(20)29)22-9-6-10-24(30-2)32-22/h3-14H,15-17H2,1-2H3,(H,30,32)(H,31,37)(H,33,36). The van der Waals surface area contributed by atoms with Crippen LogP contribution in [0.4, 0.5) is 11.6 Å². The smallest absolute Gasteiger partial charge is 0.271 e. The summed E-state index contributed by atoms with van der Waals surface area (Å²) in [7, 11) is 1.79. The fourth-order valence-electron chi connectivity index (χ4n) is 4.06. The number of benzene rings is 2. The first-order chi connectivity index (χ1) is 18.3. The van der Waals surface area contributed by atoms with Gasteiger partial charge in [-0.05, 0) is 36.4 Å². The van der Waals surface area contributed by atoms with Crippen molar-refractivity contribution in [2.75, 3.05) is 37.4 Å². The SMILES string of the molecule is CNc1cccc(-c2ccc(Cl)c(C(=O)Nc3cc(C(=O)NCC4(C)COC4)nn3-c3ccccc3)c2)n1. The van der Waals surface area contributed by atoms with Gasteiger partial charge in [0.15, 0.2) is 5.69 Å². The van der Waals surface area contributed by atoms with Crippen molar-refractivity contribution >= 4 is 35.1 Å². The number of hydrogen-bond acceptors (Lipinski definition) is 6. The zero-order chi connectivity index (χ0) is 26.7. The molecule has 0 unspecified atom stereocenters. The highest BCUT2D eigenvalue weighted by atomic mass is 35.5. The van der Waals surface area contributed by atoms with E-state index in [1.807, 2.05) is 61.5 Å². The molecule has 38 heavy (non-hydrogen) atoms. The number of carbonyl (C=O) groups is 2. The number of halogens is 1. The van der Waals surface area contributed by atoms with Gasteiger partial charge in [-0.25, -0.2) is 9.67 Å². The van der Waals surface area contributed by atoms with E-state index in [9.17, 15) is 9.59 Å². The zero-order valence-corrected chi connectivity index (χ0v) is 21.7. The summed E-state index contributed by atoms with van der Waals surface area (Å²) in [4.78, 5) is 30.9. The Morgan fingerprint density at radius 1 is 1.03 bits per heavy atom. The van der Waals surface area contributed by atoms with Gasteiger partial charge in [-0.1, -0.05) is 48.9 Å². The number of carbonyl (C=O) groups excluding carboxylic acids is 2. The quantitative estimate of drug-likeness (QED) is 0.306. The molecule has 0 radical (unpaired) electrons. The van der Waals surface area contributed by atoms with Crippen molar-refractivity contribution in [1.82, 2.24) is 20.1 Å². The van der Waals surface area contributed by atoms with E-state index in [4.69, 9.17) is 16.3 Å². The molecule has 2 aromatic heterocycles. The Hall–Kier alpha value is -4.21. The molecule has 4 aromatic rings. The lowest BCUT2D eigenvalue weighted by Gasteiger charge is -2.37. The number of anilines is 2. The lowest BCUT2D eigenvalue weighted by atomic mass is 9.89. The second-order valence-corrected chi connectivity index (χ2v) is 9.86. The minimum Gasteiger partial charge on any atom is -0.380 e. The largest absolute Gasteiger partial charge is 0.380 e. The Morgan fingerprint density at radius 3 is 2.53 bits per heavy atom. The summed E-state index contributed by atoms with van der Waals surface area (Å²) in [6.45, 7) is 3.72. The minimum atomic E-state index is -0.440. The van der Waals surface area contributed by atoms with Gasteiger partial charge in [0.05, 0.1) is 35.2 Å². The number of para-hydroxylation sites is 1. The van der Waals surface area contributed by atoms with E-state index in [-0.39, 0.29) is 27.6 Å². The average molecular weight is 531 g/mol. The van der Waals surface area contributed by atoms with Crippen LogP contribution in [0.1, 0.15) is 27.8 Å². The number of rotatable bonds is 8. The molecule has 0 saturated carbocycles. The lowest BCUT2D eigenvalue weighted by Crippen LogP contribution is -2.48. The van der Waals surface area contributed by atoms with Crippen LogP contribution in [0.3, 0.4) is 0 Å². The van der Waals surface area contributed by atoms with Crippen LogP contribution >= 0.6 is 11.6 Å². The van der Waals surface area contributed by atoms with Crippen molar-refractivity contribution in [3.8, 4) is 16.9 Å². The molecule has 194 valence electrons. The molecule has 3 heterocycles. The Labute approximate surface area is 225 Å². The number of hydrogen-bond donors (Lipinski definition) is 3. The van der Waals surface area contributed by atoms with E-state index in [0.717, 1.165) is 5.56 Å². The van der Waals surface area contributed by atoms with E-state index >= 15 is 0 Å². The monoisotopic (exact) mass is 530 g/mol. The van der Waals surface area contributed by atoms with Gasteiger partial charge in [-0.3, -0.25) is 9.59 Å². The predicted molar refractivity (Wildman–Crippen MR) is 147 cm³/mol. The highest BCUT2D eigenvalue weighted by Crippen LogP contribution is 2.27. The highest BCUT2D eigenvalue weighted by Gasteiger charge is 2.34. The summed E-state index contributed by atoms with van der Waals surface area (Å²) in [6, 6.07) is 21.6. The van der Waals surface area contributed by atoms with Gasteiger partial charge in [0.25, 0.3) is 11.8 Å². The van der Waals surface area contributed by atoms with Crippen LogP contribution in [-0.4, -0.2) is 53.4 Å². The Balaban J connectivity index is 1.43. The topological polar surface area (TPSA) is 110 Å². The molecule has 1 aliphatic heterocycles. The molecule has 0 spiro atoms. The molecule has 10 heteroatoms. The summed E-state index contributed by atoms with van der Waals surface area (Å²) < 4.78 is 6.79. The Morgan fingerprint density at radius 2 is 1.82 bits per heavy atom. The first kappa shape index (κ1) is 25.4. The first-order valence-corrected chi connectivity index (χ1v) is 12.5. The molecule has 2 aromatic carbocycles. The van der Waals surface area contributed by atoms with Crippen molar-refractivity contribution in [1.29, 1.82) is 0 Å². The van der Waals surface area contributed by atoms with Gasteiger partial charge in [-0.2, -0.15) is 5.10 Å². The number of amides is 2. The maximum absolute atomic E-state index is 13.4. The summed E-state index contributed by atoms with van der Waals surface area (Å²) in [5.41, 5.74) is 2.49. The number of aromatic nitrogens is 3. The molecule has 9 nitrogen and oxygen atoms in total. The molecular formula is C28H27ClN6O3. The van der Waals surface area contributed by atoms with Crippen LogP contribution in [-0.2, 0) is 4.74 Å². The Kier molecular flexibility index (Phi) is 7.13. The molecule has 0 aliphatic carbocycles. The van der Waals surface area contributed by atoms with Gasteiger partial charge < -0.3 is 20.7 Å². The van der Waals surface area contributed by atoms with E-state index in [0.29, 0.717) is 42.8 Å². The second-order valence-electron chi connectivity index (χ2n) is 9.46. The molecule has 1 aliphatic rings. The predicted octanol–water partition coefficient (Wildman–Crippen LogP) is 4.65. The van der Waals surface area contributed by atoms with Crippen LogP contribution in [0.15, 0.2) is 72.8 Å². The molecule has 1 saturated heterocycles.